The Morgan fingerprint density at radius 2 is 1.76 bits per heavy atom. The minimum atomic E-state index is -0.501. The number of aromatic nitrogens is 3. The molecule has 34 heavy (non-hydrogen) atoms. The van der Waals surface area contributed by atoms with Gasteiger partial charge in [-0.3, -0.25) is 9.36 Å². The number of aryl methyl sites for hydroxylation is 3. The first-order valence-electron chi connectivity index (χ1n) is 11.2. The predicted molar refractivity (Wildman–Crippen MR) is 140 cm³/mol. The first-order chi connectivity index (χ1) is 16.5. The number of carbonyl (C=O) groups is 1. The van der Waals surface area contributed by atoms with Crippen LogP contribution >= 0.6 is 11.8 Å². The molecular formula is C28H28N4OS. The molecule has 1 atom stereocenters. The molecule has 0 bridgehead atoms. The van der Waals surface area contributed by atoms with E-state index < -0.39 is 5.25 Å². The lowest BCUT2D eigenvalue weighted by Gasteiger charge is -2.18. The molecule has 0 spiro atoms. The first-order valence-corrected chi connectivity index (χ1v) is 12.0. The molecule has 1 amide bonds. The van der Waals surface area contributed by atoms with Gasteiger partial charge in [-0.25, -0.2) is 0 Å². The second-order valence-electron chi connectivity index (χ2n) is 8.29. The lowest BCUT2D eigenvalue weighted by molar-refractivity contribution is -0.115. The summed E-state index contributed by atoms with van der Waals surface area (Å²) in [6.45, 7) is 10.5. The standard InChI is InChI=1S/C28H28N4OS/c1-5-16-32-26(23-13-9-10-19(2)17-23)30-31-28(32)34-25(22-11-7-6-8-12-22)27(33)29-24-18-20(3)14-15-21(24)4/h5-15,17-18,25H,1,16H2,2-4H3,(H,29,33). The molecule has 1 aromatic heterocycles. The molecule has 0 fully saturated rings. The Morgan fingerprint density at radius 1 is 1.00 bits per heavy atom. The van der Waals surface area contributed by atoms with E-state index in [9.17, 15) is 4.79 Å². The Labute approximate surface area is 204 Å². The Balaban J connectivity index is 1.70. The molecule has 1 unspecified atom stereocenters. The summed E-state index contributed by atoms with van der Waals surface area (Å²) >= 11 is 1.40. The Morgan fingerprint density at radius 3 is 2.50 bits per heavy atom. The number of rotatable bonds is 8. The predicted octanol–water partition coefficient (Wildman–Crippen LogP) is 6.53. The van der Waals surface area contributed by atoms with Crippen molar-refractivity contribution >= 4 is 23.4 Å². The molecule has 6 heteroatoms. The summed E-state index contributed by atoms with van der Waals surface area (Å²) in [4.78, 5) is 13.6. The van der Waals surface area contributed by atoms with E-state index in [0.29, 0.717) is 11.7 Å². The van der Waals surface area contributed by atoms with Crippen molar-refractivity contribution in [1.82, 2.24) is 14.8 Å². The molecule has 4 rings (SSSR count). The quantitative estimate of drug-likeness (QED) is 0.236. The van der Waals surface area contributed by atoms with Gasteiger partial charge in [-0.15, -0.1) is 16.8 Å². The van der Waals surface area contributed by atoms with E-state index in [1.807, 2.05) is 85.2 Å². The highest BCUT2D eigenvalue weighted by Gasteiger charge is 2.26. The third-order valence-electron chi connectivity index (χ3n) is 5.52. The average molecular weight is 469 g/mol. The topological polar surface area (TPSA) is 59.8 Å². The van der Waals surface area contributed by atoms with Gasteiger partial charge >= 0.3 is 0 Å². The molecule has 0 radical (unpaired) electrons. The van der Waals surface area contributed by atoms with Gasteiger partial charge in [0.15, 0.2) is 11.0 Å². The normalized spacial score (nSPS) is 11.7. The number of nitrogens with zero attached hydrogens (tertiary/aromatic N) is 3. The average Bonchev–Trinajstić information content (AvgIpc) is 3.23. The minimum absolute atomic E-state index is 0.102. The summed E-state index contributed by atoms with van der Waals surface area (Å²) in [6.07, 6.45) is 1.82. The van der Waals surface area contributed by atoms with Gasteiger partial charge < -0.3 is 5.32 Å². The number of allylic oxidation sites excluding steroid dienone is 1. The largest absolute Gasteiger partial charge is 0.325 e. The molecule has 0 aliphatic carbocycles. The maximum atomic E-state index is 13.6. The number of nitrogens with one attached hydrogen (secondary N) is 1. The number of benzene rings is 3. The van der Waals surface area contributed by atoms with Crippen LogP contribution in [0.15, 0.2) is 90.6 Å². The molecule has 172 valence electrons. The maximum Gasteiger partial charge on any atom is 0.242 e. The molecule has 3 aromatic carbocycles. The van der Waals surface area contributed by atoms with Gasteiger partial charge in [-0.1, -0.05) is 84.1 Å². The highest BCUT2D eigenvalue weighted by atomic mass is 32.2. The summed E-state index contributed by atoms with van der Waals surface area (Å²) in [5, 5.41) is 12.2. The van der Waals surface area contributed by atoms with Crippen molar-refractivity contribution in [3.05, 3.63) is 108 Å². The van der Waals surface area contributed by atoms with Crippen LogP contribution in [0.25, 0.3) is 11.4 Å². The van der Waals surface area contributed by atoms with Crippen LogP contribution in [-0.4, -0.2) is 20.7 Å². The van der Waals surface area contributed by atoms with Gasteiger partial charge in [-0.05, 0) is 49.6 Å². The zero-order valence-electron chi connectivity index (χ0n) is 19.7. The summed E-state index contributed by atoms with van der Waals surface area (Å²) < 4.78 is 2.01. The molecule has 1 N–H and O–H groups in total. The fourth-order valence-corrected chi connectivity index (χ4v) is 4.79. The number of hydrogen-bond acceptors (Lipinski definition) is 4. The van der Waals surface area contributed by atoms with Crippen LogP contribution in [0.4, 0.5) is 5.69 Å². The fourth-order valence-electron chi connectivity index (χ4n) is 3.74. The van der Waals surface area contributed by atoms with Crippen LogP contribution in [0.2, 0.25) is 0 Å². The van der Waals surface area contributed by atoms with Gasteiger partial charge in [0.05, 0.1) is 0 Å². The number of hydrogen-bond donors (Lipinski definition) is 1. The van der Waals surface area contributed by atoms with Crippen molar-refractivity contribution in [3.8, 4) is 11.4 Å². The summed E-state index contributed by atoms with van der Waals surface area (Å²) in [7, 11) is 0. The second kappa shape index (κ2) is 10.5. The van der Waals surface area contributed by atoms with Crippen molar-refractivity contribution in [2.75, 3.05) is 5.32 Å². The lowest BCUT2D eigenvalue weighted by Crippen LogP contribution is -2.20. The van der Waals surface area contributed by atoms with Crippen LogP contribution < -0.4 is 5.32 Å². The molecule has 0 saturated heterocycles. The van der Waals surface area contributed by atoms with Gasteiger partial charge in [0.25, 0.3) is 0 Å². The van der Waals surface area contributed by atoms with Crippen LogP contribution in [0.5, 0.6) is 0 Å². The Bertz CT molecular complexity index is 1310. The van der Waals surface area contributed by atoms with Crippen LogP contribution in [-0.2, 0) is 11.3 Å². The number of thioether (sulfide) groups is 1. The van der Waals surface area contributed by atoms with Crippen molar-refractivity contribution < 1.29 is 4.79 Å². The summed E-state index contributed by atoms with van der Waals surface area (Å²) in [5.74, 6) is 0.656. The number of anilines is 1. The van der Waals surface area contributed by atoms with Crippen LogP contribution in [0.3, 0.4) is 0 Å². The van der Waals surface area contributed by atoms with Gasteiger partial charge in [0.1, 0.15) is 5.25 Å². The van der Waals surface area contributed by atoms with Crippen molar-refractivity contribution in [2.45, 2.75) is 37.7 Å². The molecule has 1 heterocycles. The molecular weight excluding hydrogens is 440 g/mol. The van der Waals surface area contributed by atoms with E-state index in [4.69, 9.17) is 0 Å². The zero-order chi connectivity index (χ0) is 24.1. The van der Waals surface area contributed by atoms with E-state index in [2.05, 4.69) is 41.1 Å². The van der Waals surface area contributed by atoms with Crippen LogP contribution in [0, 0.1) is 20.8 Å². The molecule has 0 aliphatic rings. The van der Waals surface area contributed by atoms with E-state index in [0.717, 1.165) is 39.3 Å². The van der Waals surface area contributed by atoms with Gasteiger partial charge in [0.2, 0.25) is 5.91 Å². The van der Waals surface area contributed by atoms with E-state index in [-0.39, 0.29) is 5.91 Å². The fraction of sp³-hybridized carbons (Fsp3) is 0.179. The highest BCUT2D eigenvalue weighted by Crippen LogP contribution is 2.37. The number of carbonyl (C=O) groups excluding carboxylic acids is 1. The van der Waals surface area contributed by atoms with Crippen molar-refractivity contribution in [1.29, 1.82) is 0 Å². The van der Waals surface area contributed by atoms with Crippen molar-refractivity contribution in [3.63, 3.8) is 0 Å². The van der Waals surface area contributed by atoms with E-state index >= 15 is 0 Å². The lowest BCUT2D eigenvalue weighted by atomic mass is 10.1. The Kier molecular flexibility index (Phi) is 7.28. The van der Waals surface area contributed by atoms with Gasteiger partial charge in [0, 0.05) is 17.8 Å². The SMILES string of the molecule is C=CCn1c(SC(C(=O)Nc2cc(C)ccc2C)c2ccccc2)nnc1-c1cccc(C)c1. The second-order valence-corrected chi connectivity index (χ2v) is 9.36. The third kappa shape index (κ3) is 5.29. The molecule has 0 aliphatic heterocycles. The summed E-state index contributed by atoms with van der Waals surface area (Å²) in [6, 6.07) is 24.0. The number of amides is 1. The summed E-state index contributed by atoms with van der Waals surface area (Å²) in [5.41, 5.74) is 5.97. The smallest absolute Gasteiger partial charge is 0.242 e. The maximum absolute atomic E-state index is 13.6. The molecule has 0 saturated carbocycles. The van der Waals surface area contributed by atoms with E-state index in [1.54, 1.807) is 0 Å². The monoisotopic (exact) mass is 468 g/mol. The molecule has 5 nitrogen and oxygen atoms in total. The van der Waals surface area contributed by atoms with Crippen molar-refractivity contribution in [2.24, 2.45) is 0 Å². The highest BCUT2D eigenvalue weighted by molar-refractivity contribution is 8.00. The van der Waals surface area contributed by atoms with Gasteiger partial charge in [-0.2, -0.15) is 0 Å². The third-order valence-corrected chi connectivity index (χ3v) is 6.75. The van der Waals surface area contributed by atoms with Crippen LogP contribution in [0.1, 0.15) is 27.5 Å². The van der Waals surface area contributed by atoms with E-state index in [1.165, 1.54) is 11.8 Å². The zero-order valence-corrected chi connectivity index (χ0v) is 20.5. The first kappa shape index (κ1) is 23.5. The minimum Gasteiger partial charge on any atom is -0.325 e. The Hall–Kier alpha value is -3.64. The molecule has 4 aromatic rings.